The number of H-pyrrole nitrogens is 1. The highest BCUT2D eigenvalue weighted by Crippen LogP contribution is 2.33. The number of aliphatic imine (C=N–C) groups is 1. The van der Waals surface area contributed by atoms with Gasteiger partial charge < -0.3 is 24.3 Å². The van der Waals surface area contributed by atoms with Crippen molar-refractivity contribution in [2.24, 2.45) is 4.99 Å². The molecule has 180 valence electrons. The Morgan fingerprint density at radius 3 is 2.59 bits per heavy atom. The van der Waals surface area contributed by atoms with Crippen LogP contribution in [0.3, 0.4) is 0 Å². The standard InChI is InChI=1S/C23H24FN3O6S/c1-14(10-24)32-18-7-15(20-4-5-21(27-20)23-26-16(12-28)13-31-23)8-19(9-18)33-17-3-6-22(25-11-17)34(2,29)30/h3-9,11,14,16,27-28H,10,12-13H2,1-2H3/t14-,16?/m0/s1. The van der Waals surface area contributed by atoms with Crippen LogP contribution in [0.5, 0.6) is 17.2 Å². The van der Waals surface area contributed by atoms with Gasteiger partial charge in [-0.2, -0.15) is 0 Å². The SMILES string of the molecule is C[C@@H](CF)Oc1cc(Oc2ccc(S(C)(=O)=O)nc2)cc(-c2ccc(C3=NC(CO)CO3)[nH]2)c1. The Morgan fingerprint density at radius 1 is 1.18 bits per heavy atom. The predicted molar refractivity (Wildman–Crippen MR) is 123 cm³/mol. The van der Waals surface area contributed by atoms with Crippen molar-refractivity contribution < 1.29 is 32.1 Å². The minimum absolute atomic E-state index is 0.0613. The Hall–Kier alpha value is -3.44. The highest BCUT2D eigenvalue weighted by molar-refractivity contribution is 7.90. The van der Waals surface area contributed by atoms with Crippen LogP contribution >= 0.6 is 0 Å². The van der Waals surface area contributed by atoms with Gasteiger partial charge in [-0.15, -0.1) is 0 Å². The molecule has 0 bridgehead atoms. The van der Waals surface area contributed by atoms with Crippen LogP contribution in [-0.2, 0) is 14.6 Å². The number of sulfone groups is 1. The first-order valence-corrected chi connectivity index (χ1v) is 12.4. The Kier molecular flexibility index (Phi) is 6.85. The molecule has 34 heavy (non-hydrogen) atoms. The molecule has 1 aliphatic heterocycles. The first kappa shape index (κ1) is 23.7. The summed E-state index contributed by atoms with van der Waals surface area (Å²) in [7, 11) is -3.43. The third-order valence-electron chi connectivity index (χ3n) is 4.91. The number of halogens is 1. The fraction of sp³-hybridized carbons (Fsp3) is 0.304. The normalized spacial score (nSPS) is 16.6. The zero-order valence-corrected chi connectivity index (χ0v) is 19.4. The number of rotatable bonds is 9. The lowest BCUT2D eigenvalue weighted by Gasteiger charge is -2.14. The molecule has 0 saturated carbocycles. The Balaban J connectivity index is 1.64. The minimum Gasteiger partial charge on any atom is -0.488 e. The largest absolute Gasteiger partial charge is 0.488 e. The first-order valence-electron chi connectivity index (χ1n) is 10.5. The zero-order chi connectivity index (χ0) is 24.3. The number of aromatic nitrogens is 2. The van der Waals surface area contributed by atoms with Gasteiger partial charge in [0.15, 0.2) is 14.9 Å². The molecule has 3 aromatic rings. The predicted octanol–water partition coefficient (Wildman–Crippen LogP) is 3.15. The van der Waals surface area contributed by atoms with Crippen LogP contribution in [0.2, 0.25) is 0 Å². The van der Waals surface area contributed by atoms with E-state index < -0.39 is 22.6 Å². The molecule has 4 rings (SSSR count). The van der Waals surface area contributed by atoms with E-state index in [1.54, 1.807) is 31.2 Å². The highest BCUT2D eigenvalue weighted by atomic mass is 32.2. The van der Waals surface area contributed by atoms with Crippen molar-refractivity contribution in [3.05, 3.63) is 54.4 Å². The molecule has 0 radical (unpaired) electrons. The van der Waals surface area contributed by atoms with Crippen molar-refractivity contribution in [1.82, 2.24) is 9.97 Å². The molecule has 9 nitrogen and oxygen atoms in total. The van der Waals surface area contributed by atoms with Crippen molar-refractivity contribution in [1.29, 1.82) is 0 Å². The van der Waals surface area contributed by atoms with Gasteiger partial charge in [-0.3, -0.25) is 0 Å². The van der Waals surface area contributed by atoms with Crippen LogP contribution in [-0.4, -0.2) is 67.7 Å². The maximum atomic E-state index is 13.0. The van der Waals surface area contributed by atoms with E-state index in [1.807, 2.05) is 6.07 Å². The lowest BCUT2D eigenvalue weighted by atomic mass is 10.1. The summed E-state index contributed by atoms with van der Waals surface area (Å²) in [4.78, 5) is 11.5. The number of benzene rings is 1. The van der Waals surface area contributed by atoms with Crippen LogP contribution in [0.4, 0.5) is 4.39 Å². The summed E-state index contributed by atoms with van der Waals surface area (Å²) in [5.74, 6) is 1.52. The molecule has 2 aromatic heterocycles. The van der Waals surface area contributed by atoms with Crippen LogP contribution in [0.15, 0.2) is 58.7 Å². The number of aliphatic hydroxyl groups is 1. The average molecular weight is 490 g/mol. The maximum absolute atomic E-state index is 13.0. The molecule has 2 N–H and O–H groups in total. The van der Waals surface area contributed by atoms with Gasteiger partial charge in [0.1, 0.15) is 48.4 Å². The average Bonchev–Trinajstić information content (AvgIpc) is 3.48. The lowest BCUT2D eigenvalue weighted by Crippen LogP contribution is -2.13. The number of nitrogens with one attached hydrogen (secondary N) is 1. The number of pyridine rings is 1. The summed E-state index contributed by atoms with van der Waals surface area (Å²) in [6, 6.07) is 11.3. The van der Waals surface area contributed by atoms with Gasteiger partial charge in [-0.05, 0) is 43.3 Å². The summed E-state index contributed by atoms with van der Waals surface area (Å²) in [5, 5.41) is 9.20. The third kappa shape index (κ3) is 5.54. The number of hydrogen-bond donors (Lipinski definition) is 2. The van der Waals surface area contributed by atoms with E-state index in [0.29, 0.717) is 46.7 Å². The smallest absolute Gasteiger partial charge is 0.233 e. The van der Waals surface area contributed by atoms with E-state index >= 15 is 0 Å². The fourth-order valence-electron chi connectivity index (χ4n) is 3.25. The van der Waals surface area contributed by atoms with Crippen LogP contribution < -0.4 is 9.47 Å². The topological polar surface area (TPSA) is 123 Å². The molecule has 1 unspecified atom stereocenters. The molecular formula is C23H24FN3O6S. The van der Waals surface area contributed by atoms with E-state index in [0.717, 1.165) is 6.26 Å². The Morgan fingerprint density at radius 2 is 1.94 bits per heavy atom. The number of nitrogens with zero attached hydrogens (tertiary/aromatic N) is 2. The van der Waals surface area contributed by atoms with Crippen molar-refractivity contribution in [2.75, 3.05) is 26.1 Å². The van der Waals surface area contributed by atoms with Gasteiger partial charge in [0, 0.05) is 23.6 Å². The third-order valence-corrected chi connectivity index (χ3v) is 5.91. The first-order chi connectivity index (χ1) is 16.2. The van der Waals surface area contributed by atoms with E-state index in [2.05, 4.69) is 15.0 Å². The molecular weight excluding hydrogens is 465 g/mol. The van der Waals surface area contributed by atoms with Gasteiger partial charge in [-0.1, -0.05) is 0 Å². The van der Waals surface area contributed by atoms with E-state index in [4.69, 9.17) is 14.2 Å². The minimum atomic E-state index is -3.43. The van der Waals surface area contributed by atoms with Crippen molar-refractivity contribution in [3.63, 3.8) is 0 Å². The number of ether oxygens (including phenoxy) is 3. The summed E-state index contributed by atoms with van der Waals surface area (Å²) in [6.45, 7) is 1.17. The Labute approximate surface area is 196 Å². The molecule has 3 heterocycles. The van der Waals surface area contributed by atoms with Gasteiger partial charge in [0.05, 0.1) is 12.8 Å². The molecule has 0 spiro atoms. The number of aromatic amines is 1. The van der Waals surface area contributed by atoms with Gasteiger partial charge in [0.25, 0.3) is 0 Å². The molecule has 0 fully saturated rings. The summed E-state index contributed by atoms with van der Waals surface area (Å²) < 4.78 is 53.4. The second-order valence-corrected chi connectivity index (χ2v) is 9.81. The summed E-state index contributed by atoms with van der Waals surface area (Å²) in [6.07, 6.45) is 1.73. The summed E-state index contributed by atoms with van der Waals surface area (Å²) >= 11 is 0. The van der Waals surface area contributed by atoms with Crippen molar-refractivity contribution in [3.8, 4) is 28.5 Å². The van der Waals surface area contributed by atoms with E-state index in [9.17, 15) is 17.9 Å². The van der Waals surface area contributed by atoms with E-state index in [1.165, 1.54) is 18.3 Å². The van der Waals surface area contributed by atoms with Crippen LogP contribution in [0, 0.1) is 0 Å². The Bertz CT molecular complexity index is 1290. The molecule has 0 saturated heterocycles. The molecule has 2 atom stereocenters. The van der Waals surface area contributed by atoms with E-state index in [-0.39, 0.29) is 17.7 Å². The quantitative estimate of drug-likeness (QED) is 0.473. The lowest BCUT2D eigenvalue weighted by molar-refractivity contribution is 0.182. The second kappa shape index (κ2) is 9.82. The monoisotopic (exact) mass is 489 g/mol. The number of alkyl halides is 1. The molecule has 11 heteroatoms. The van der Waals surface area contributed by atoms with Crippen LogP contribution in [0.1, 0.15) is 12.6 Å². The maximum Gasteiger partial charge on any atom is 0.233 e. The molecule has 1 aromatic carbocycles. The van der Waals surface area contributed by atoms with Crippen molar-refractivity contribution in [2.45, 2.75) is 24.1 Å². The highest BCUT2D eigenvalue weighted by Gasteiger charge is 2.21. The van der Waals surface area contributed by atoms with Crippen molar-refractivity contribution >= 4 is 15.7 Å². The number of aliphatic hydroxyl groups excluding tert-OH is 1. The number of hydrogen-bond acceptors (Lipinski definition) is 8. The second-order valence-electron chi connectivity index (χ2n) is 7.85. The molecule has 0 amide bonds. The van der Waals surface area contributed by atoms with Gasteiger partial charge in [-0.25, -0.2) is 22.8 Å². The zero-order valence-electron chi connectivity index (χ0n) is 18.6. The summed E-state index contributed by atoms with van der Waals surface area (Å²) in [5.41, 5.74) is 2.06. The van der Waals surface area contributed by atoms with Gasteiger partial charge >= 0.3 is 0 Å². The molecule has 0 aliphatic carbocycles. The van der Waals surface area contributed by atoms with Crippen LogP contribution in [0.25, 0.3) is 11.3 Å². The fourth-order valence-corrected chi connectivity index (χ4v) is 3.80. The molecule has 1 aliphatic rings. The van der Waals surface area contributed by atoms with Gasteiger partial charge in [0.2, 0.25) is 5.90 Å².